The second kappa shape index (κ2) is 8.23. The van der Waals surface area contributed by atoms with Crippen LogP contribution < -0.4 is 19.3 Å². The predicted molar refractivity (Wildman–Crippen MR) is 115 cm³/mol. The lowest BCUT2D eigenvalue weighted by molar-refractivity contribution is -0.917. The molecular formula is C24H28N3O4+. The fourth-order valence-corrected chi connectivity index (χ4v) is 4.67. The van der Waals surface area contributed by atoms with Crippen LogP contribution in [0.15, 0.2) is 42.5 Å². The topological polar surface area (TPSA) is 63.5 Å². The maximum Gasteiger partial charge on any atom is 0.231 e. The molecule has 7 nitrogen and oxygen atoms in total. The zero-order chi connectivity index (χ0) is 21.4. The van der Waals surface area contributed by atoms with E-state index in [1.54, 1.807) is 4.90 Å². The molecule has 162 valence electrons. The number of carbonyl (C=O) groups is 2. The van der Waals surface area contributed by atoms with Gasteiger partial charge in [0.25, 0.3) is 0 Å². The second-order valence-corrected chi connectivity index (χ2v) is 8.68. The first-order valence-corrected chi connectivity index (χ1v) is 10.9. The summed E-state index contributed by atoms with van der Waals surface area (Å²) in [4.78, 5) is 30.8. The number of piperazine rings is 1. The van der Waals surface area contributed by atoms with Crippen molar-refractivity contribution in [3.63, 3.8) is 0 Å². The van der Waals surface area contributed by atoms with Crippen molar-refractivity contribution in [1.29, 1.82) is 0 Å². The van der Waals surface area contributed by atoms with Crippen molar-refractivity contribution in [2.24, 2.45) is 5.92 Å². The molecule has 7 heteroatoms. The Morgan fingerprint density at radius 2 is 1.81 bits per heavy atom. The molecule has 31 heavy (non-hydrogen) atoms. The molecule has 3 heterocycles. The number of aryl methyl sites for hydroxylation is 1. The van der Waals surface area contributed by atoms with Crippen LogP contribution in [-0.4, -0.2) is 56.2 Å². The fourth-order valence-electron chi connectivity index (χ4n) is 4.67. The Bertz CT molecular complexity index is 983. The Kier molecular flexibility index (Phi) is 5.28. The van der Waals surface area contributed by atoms with Gasteiger partial charge in [-0.15, -0.1) is 0 Å². The first-order chi connectivity index (χ1) is 15.1. The van der Waals surface area contributed by atoms with Gasteiger partial charge in [-0.3, -0.25) is 9.59 Å². The average molecular weight is 423 g/mol. The minimum atomic E-state index is -0.246. The highest BCUT2D eigenvalue weighted by atomic mass is 16.7. The van der Waals surface area contributed by atoms with E-state index in [1.807, 2.05) is 42.2 Å². The van der Waals surface area contributed by atoms with Crippen LogP contribution in [0.4, 0.5) is 5.69 Å². The van der Waals surface area contributed by atoms with Gasteiger partial charge in [-0.2, -0.15) is 0 Å². The molecule has 0 spiro atoms. The van der Waals surface area contributed by atoms with Crippen molar-refractivity contribution in [2.45, 2.75) is 19.9 Å². The number of amides is 2. The minimum absolute atomic E-state index is 0.0364. The summed E-state index contributed by atoms with van der Waals surface area (Å²) in [7, 11) is 0. The second-order valence-electron chi connectivity index (χ2n) is 8.68. The Balaban J connectivity index is 1.15. The van der Waals surface area contributed by atoms with Crippen molar-refractivity contribution < 1.29 is 24.0 Å². The number of nitrogens with zero attached hydrogens (tertiary/aromatic N) is 2. The van der Waals surface area contributed by atoms with Gasteiger partial charge >= 0.3 is 0 Å². The molecule has 2 fully saturated rings. The van der Waals surface area contributed by atoms with E-state index in [0.717, 1.165) is 55.5 Å². The van der Waals surface area contributed by atoms with Crippen LogP contribution in [0, 0.1) is 12.8 Å². The third-order valence-electron chi connectivity index (χ3n) is 6.49. The Morgan fingerprint density at radius 1 is 1.06 bits per heavy atom. The normalized spacial score (nSPS) is 21.1. The van der Waals surface area contributed by atoms with Crippen LogP contribution in [0.3, 0.4) is 0 Å². The number of ether oxygens (including phenoxy) is 2. The number of hydrogen-bond acceptors (Lipinski definition) is 4. The number of hydrogen-bond donors (Lipinski definition) is 1. The molecule has 2 aromatic carbocycles. The van der Waals surface area contributed by atoms with E-state index in [4.69, 9.17) is 9.47 Å². The summed E-state index contributed by atoms with van der Waals surface area (Å²) in [5.41, 5.74) is 3.25. The van der Waals surface area contributed by atoms with Crippen LogP contribution in [-0.2, 0) is 16.1 Å². The molecule has 2 aromatic rings. The van der Waals surface area contributed by atoms with Crippen LogP contribution in [0.2, 0.25) is 0 Å². The summed E-state index contributed by atoms with van der Waals surface area (Å²) in [6.45, 7) is 6.97. The quantitative estimate of drug-likeness (QED) is 0.799. The number of carbonyl (C=O) groups excluding carboxylic acids is 2. The van der Waals surface area contributed by atoms with Crippen LogP contribution in [0.5, 0.6) is 11.5 Å². The van der Waals surface area contributed by atoms with Crippen molar-refractivity contribution in [2.75, 3.05) is 44.4 Å². The monoisotopic (exact) mass is 422 g/mol. The van der Waals surface area contributed by atoms with Crippen molar-refractivity contribution in [3.05, 3.63) is 53.6 Å². The molecule has 0 aromatic heterocycles. The van der Waals surface area contributed by atoms with Gasteiger partial charge in [0, 0.05) is 24.2 Å². The molecule has 0 saturated carbocycles. The van der Waals surface area contributed by atoms with E-state index in [1.165, 1.54) is 10.5 Å². The smallest absolute Gasteiger partial charge is 0.231 e. The Hall–Kier alpha value is -3.06. The average Bonchev–Trinajstić information content (AvgIpc) is 3.40. The predicted octanol–water partition coefficient (Wildman–Crippen LogP) is 1.00. The third-order valence-corrected chi connectivity index (χ3v) is 6.49. The van der Waals surface area contributed by atoms with Crippen molar-refractivity contribution in [1.82, 2.24) is 4.90 Å². The molecule has 5 rings (SSSR count). The third kappa shape index (κ3) is 4.10. The molecule has 2 amide bonds. The van der Waals surface area contributed by atoms with Crippen molar-refractivity contribution >= 4 is 17.5 Å². The molecule has 1 N–H and O–H groups in total. The first-order valence-electron chi connectivity index (χ1n) is 10.9. The highest BCUT2D eigenvalue weighted by molar-refractivity contribution is 6.00. The Labute approximate surface area is 182 Å². The highest BCUT2D eigenvalue weighted by Gasteiger charge is 2.38. The van der Waals surface area contributed by atoms with Gasteiger partial charge in [0.15, 0.2) is 11.5 Å². The maximum absolute atomic E-state index is 13.1. The van der Waals surface area contributed by atoms with Gasteiger partial charge in [0.2, 0.25) is 18.6 Å². The molecule has 1 atom stereocenters. The number of nitrogens with one attached hydrogen (secondary N) is 1. The van der Waals surface area contributed by atoms with Gasteiger partial charge < -0.3 is 24.2 Å². The molecule has 3 aliphatic heterocycles. The molecular weight excluding hydrogens is 394 g/mol. The fraction of sp³-hybridized carbons (Fsp3) is 0.417. The van der Waals surface area contributed by atoms with Crippen molar-refractivity contribution in [3.8, 4) is 11.5 Å². The lowest BCUT2D eigenvalue weighted by atomic mass is 10.1. The number of benzene rings is 2. The lowest BCUT2D eigenvalue weighted by Gasteiger charge is -2.33. The molecule has 3 aliphatic rings. The number of rotatable bonds is 4. The SMILES string of the molecule is Cc1ccc(N2C[C@H](C(=O)N3CC[NH+](Cc4ccc5c(c4)OCO5)CC3)CC2=O)cc1. The van der Waals surface area contributed by atoms with Gasteiger partial charge in [-0.05, 0) is 37.3 Å². The van der Waals surface area contributed by atoms with E-state index in [9.17, 15) is 9.59 Å². The number of quaternary nitrogens is 1. The largest absolute Gasteiger partial charge is 0.454 e. The lowest BCUT2D eigenvalue weighted by Crippen LogP contribution is -3.13. The summed E-state index contributed by atoms with van der Waals surface area (Å²) in [5, 5.41) is 0. The summed E-state index contributed by atoms with van der Waals surface area (Å²) >= 11 is 0. The Morgan fingerprint density at radius 3 is 2.58 bits per heavy atom. The van der Waals surface area contributed by atoms with E-state index in [2.05, 4.69) is 12.1 Å². The first kappa shape index (κ1) is 19.9. The van der Waals surface area contributed by atoms with Gasteiger partial charge in [-0.25, -0.2) is 0 Å². The summed E-state index contributed by atoms with van der Waals surface area (Å²) in [6, 6.07) is 14.0. The van der Waals surface area contributed by atoms with E-state index < -0.39 is 0 Å². The van der Waals surface area contributed by atoms with E-state index >= 15 is 0 Å². The summed E-state index contributed by atoms with van der Waals surface area (Å²) in [6.07, 6.45) is 0.303. The van der Waals surface area contributed by atoms with Gasteiger partial charge in [0.1, 0.15) is 6.54 Å². The van der Waals surface area contributed by atoms with E-state index in [0.29, 0.717) is 13.0 Å². The zero-order valence-corrected chi connectivity index (χ0v) is 17.8. The molecule has 0 bridgehead atoms. The minimum Gasteiger partial charge on any atom is -0.454 e. The van der Waals surface area contributed by atoms with E-state index in [-0.39, 0.29) is 24.5 Å². The molecule has 0 aliphatic carbocycles. The van der Waals surface area contributed by atoms with Crippen LogP contribution >= 0.6 is 0 Å². The number of anilines is 1. The van der Waals surface area contributed by atoms with Gasteiger partial charge in [0.05, 0.1) is 32.1 Å². The van der Waals surface area contributed by atoms with Crippen LogP contribution in [0.25, 0.3) is 0 Å². The highest BCUT2D eigenvalue weighted by Crippen LogP contribution is 2.32. The summed E-state index contributed by atoms with van der Waals surface area (Å²) < 4.78 is 10.9. The molecule has 0 radical (unpaired) electrons. The standard InChI is InChI=1S/C24H27N3O4/c1-17-2-5-20(6-3-17)27-15-19(13-23(27)28)24(29)26-10-8-25(9-11-26)14-18-4-7-21-22(12-18)31-16-30-21/h2-7,12,19H,8-11,13-16H2,1H3/p+1/t19-/m1/s1. The van der Waals surface area contributed by atoms with Crippen LogP contribution in [0.1, 0.15) is 17.5 Å². The molecule has 0 unspecified atom stereocenters. The summed E-state index contributed by atoms with van der Waals surface area (Å²) in [5.74, 6) is 1.53. The van der Waals surface area contributed by atoms with Gasteiger partial charge in [-0.1, -0.05) is 17.7 Å². The maximum atomic E-state index is 13.1. The molecule has 2 saturated heterocycles. The zero-order valence-electron chi connectivity index (χ0n) is 17.8. The number of fused-ring (bicyclic) bond motifs is 1.